The molecule has 0 saturated heterocycles. The predicted octanol–water partition coefficient (Wildman–Crippen LogP) is 2.48. The lowest BCUT2D eigenvalue weighted by Gasteiger charge is -2.30. The minimum atomic E-state index is -0.279. The molecule has 1 atom stereocenters. The Kier molecular flexibility index (Phi) is 5.89. The van der Waals surface area contributed by atoms with E-state index < -0.39 is 0 Å². The molecule has 2 N–H and O–H groups in total. The van der Waals surface area contributed by atoms with Crippen LogP contribution in [0.5, 0.6) is 0 Å². The molecule has 98 valence electrons. The van der Waals surface area contributed by atoms with Gasteiger partial charge in [0.15, 0.2) is 0 Å². The highest BCUT2D eigenvalue weighted by molar-refractivity contribution is 7.80. The van der Waals surface area contributed by atoms with Gasteiger partial charge in [-0.1, -0.05) is 44.8 Å². The molecule has 0 bridgehead atoms. The summed E-state index contributed by atoms with van der Waals surface area (Å²) in [6.45, 7) is 1.96. The number of carbonyl (C=O) groups is 1. The van der Waals surface area contributed by atoms with Crippen LogP contribution in [0.3, 0.4) is 0 Å². The van der Waals surface area contributed by atoms with Gasteiger partial charge in [-0.05, 0) is 19.3 Å². The van der Waals surface area contributed by atoms with Crippen LogP contribution in [-0.4, -0.2) is 28.9 Å². The number of carbonyl (C=O) groups excluding carboxylic acids is 1. The minimum Gasteiger partial charge on any atom is -0.393 e. The van der Waals surface area contributed by atoms with Crippen molar-refractivity contribution in [1.82, 2.24) is 4.90 Å². The van der Waals surface area contributed by atoms with E-state index in [4.69, 9.17) is 18.0 Å². The lowest BCUT2D eigenvalue weighted by molar-refractivity contribution is -0.134. The van der Waals surface area contributed by atoms with Gasteiger partial charge in [-0.2, -0.15) is 0 Å². The largest absolute Gasteiger partial charge is 0.393 e. The smallest absolute Gasteiger partial charge is 0.232 e. The second-order valence-corrected chi connectivity index (χ2v) is 5.43. The molecule has 0 aliphatic heterocycles. The van der Waals surface area contributed by atoms with Gasteiger partial charge < -0.3 is 10.6 Å². The number of nitrogens with two attached hydrogens (primary N) is 1. The molecule has 1 saturated carbocycles. The third-order valence-corrected chi connectivity index (χ3v) is 4.05. The van der Waals surface area contributed by atoms with E-state index >= 15 is 0 Å². The second kappa shape index (κ2) is 6.94. The van der Waals surface area contributed by atoms with Crippen molar-refractivity contribution < 1.29 is 4.79 Å². The van der Waals surface area contributed by atoms with E-state index in [1.165, 1.54) is 25.7 Å². The zero-order valence-corrected chi connectivity index (χ0v) is 11.8. The Labute approximate surface area is 110 Å². The van der Waals surface area contributed by atoms with E-state index in [2.05, 4.69) is 0 Å². The van der Waals surface area contributed by atoms with Crippen molar-refractivity contribution in [3.63, 3.8) is 0 Å². The maximum Gasteiger partial charge on any atom is 0.232 e. The number of amides is 1. The summed E-state index contributed by atoms with van der Waals surface area (Å²) in [7, 11) is 1.90. The summed E-state index contributed by atoms with van der Waals surface area (Å²) >= 11 is 4.97. The maximum absolute atomic E-state index is 12.3. The van der Waals surface area contributed by atoms with Crippen molar-refractivity contribution in [1.29, 1.82) is 0 Å². The van der Waals surface area contributed by atoms with Crippen molar-refractivity contribution in [3.8, 4) is 0 Å². The third kappa shape index (κ3) is 3.95. The molecule has 0 aromatic heterocycles. The fourth-order valence-electron chi connectivity index (χ4n) is 2.57. The summed E-state index contributed by atoms with van der Waals surface area (Å²) in [5.41, 5.74) is 5.63. The van der Waals surface area contributed by atoms with Crippen LogP contribution < -0.4 is 5.73 Å². The first-order valence-corrected chi connectivity index (χ1v) is 7.04. The molecule has 17 heavy (non-hydrogen) atoms. The van der Waals surface area contributed by atoms with Crippen LogP contribution >= 0.6 is 12.2 Å². The molecule has 4 heteroatoms. The Morgan fingerprint density at radius 2 is 1.88 bits per heavy atom. The SMILES string of the molecule is CCC(C(=O)N(C)C1CCCCCC1)C(N)=S. The normalized spacial score (nSPS) is 19.4. The zero-order valence-electron chi connectivity index (χ0n) is 10.9. The van der Waals surface area contributed by atoms with Crippen molar-refractivity contribution >= 4 is 23.1 Å². The fourth-order valence-corrected chi connectivity index (χ4v) is 2.84. The van der Waals surface area contributed by atoms with Crippen molar-refractivity contribution in [2.75, 3.05) is 7.05 Å². The molecule has 1 unspecified atom stereocenters. The van der Waals surface area contributed by atoms with Gasteiger partial charge in [0.1, 0.15) is 0 Å². The summed E-state index contributed by atoms with van der Waals surface area (Å²) in [5, 5.41) is 0. The van der Waals surface area contributed by atoms with Gasteiger partial charge in [0.05, 0.1) is 10.9 Å². The Hall–Kier alpha value is -0.640. The van der Waals surface area contributed by atoms with E-state index in [0.29, 0.717) is 17.5 Å². The molecular formula is C13H24N2OS. The average Bonchev–Trinajstić information content (AvgIpc) is 2.56. The molecule has 3 nitrogen and oxygen atoms in total. The summed E-state index contributed by atoms with van der Waals surface area (Å²) in [6, 6.07) is 0.383. The van der Waals surface area contributed by atoms with Crippen LogP contribution in [0, 0.1) is 5.92 Å². The minimum absolute atomic E-state index is 0.104. The monoisotopic (exact) mass is 256 g/mol. The molecule has 1 amide bonds. The molecule has 1 fully saturated rings. The Balaban J connectivity index is 2.63. The quantitative estimate of drug-likeness (QED) is 0.621. The van der Waals surface area contributed by atoms with Crippen LogP contribution in [0.2, 0.25) is 0 Å². The van der Waals surface area contributed by atoms with E-state index in [1.54, 1.807) is 0 Å². The van der Waals surface area contributed by atoms with Crippen LogP contribution in [0.1, 0.15) is 51.9 Å². The fraction of sp³-hybridized carbons (Fsp3) is 0.846. The first-order chi connectivity index (χ1) is 8.07. The Morgan fingerprint density at radius 1 is 1.35 bits per heavy atom. The van der Waals surface area contributed by atoms with Crippen LogP contribution in [0.15, 0.2) is 0 Å². The first-order valence-electron chi connectivity index (χ1n) is 6.64. The number of hydrogen-bond donors (Lipinski definition) is 1. The van der Waals surface area contributed by atoms with Gasteiger partial charge in [-0.15, -0.1) is 0 Å². The van der Waals surface area contributed by atoms with Crippen molar-refractivity contribution in [2.45, 2.75) is 57.9 Å². The van der Waals surface area contributed by atoms with E-state index in [-0.39, 0.29) is 11.8 Å². The molecule has 0 aromatic carbocycles. The van der Waals surface area contributed by atoms with Crippen LogP contribution in [0.4, 0.5) is 0 Å². The predicted molar refractivity (Wildman–Crippen MR) is 74.8 cm³/mol. The highest BCUT2D eigenvalue weighted by Crippen LogP contribution is 2.22. The van der Waals surface area contributed by atoms with Gasteiger partial charge in [-0.25, -0.2) is 0 Å². The van der Waals surface area contributed by atoms with E-state index in [9.17, 15) is 4.79 Å². The number of nitrogens with zero attached hydrogens (tertiary/aromatic N) is 1. The second-order valence-electron chi connectivity index (χ2n) is 4.96. The summed E-state index contributed by atoms with van der Waals surface area (Å²) in [4.78, 5) is 14.5. The number of rotatable bonds is 4. The Bertz CT molecular complexity index is 273. The molecule has 1 aliphatic carbocycles. The van der Waals surface area contributed by atoms with Gasteiger partial charge in [0, 0.05) is 13.1 Å². The molecule has 1 rings (SSSR count). The lowest BCUT2D eigenvalue weighted by atomic mass is 10.0. The molecule has 0 spiro atoms. The number of thiocarbonyl (C=S) groups is 1. The first kappa shape index (κ1) is 14.4. The Morgan fingerprint density at radius 3 is 2.29 bits per heavy atom. The van der Waals surface area contributed by atoms with Gasteiger partial charge in [-0.3, -0.25) is 4.79 Å². The van der Waals surface area contributed by atoms with Crippen LogP contribution in [0.25, 0.3) is 0 Å². The summed E-state index contributed by atoms with van der Waals surface area (Å²) in [6.07, 6.45) is 7.99. The third-order valence-electron chi connectivity index (χ3n) is 3.77. The standard InChI is InChI=1S/C13H24N2OS/c1-3-11(12(14)17)13(16)15(2)10-8-6-4-5-7-9-10/h10-11H,3-9H2,1-2H3,(H2,14,17). The van der Waals surface area contributed by atoms with Crippen molar-refractivity contribution in [3.05, 3.63) is 0 Å². The summed E-state index contributed by atoms with van der Waals surface area (Å²) in [5.74, 6) is -0.176. The average molecular weight is 256 g/mol. The topological polar surface area (TPSA) is 46.3 Å². The molecule has 0 heterocycles. The lowest BCUT2D eigenvalue weighted by Crippen LogP contribution is -2.44. The van der Waals surface area contributed by atoms with Crippen LogP contribution in [-0.2, 0) is 4.79 Å². The van der Waals surface area contributed by atoms with Gasteiger partial charge >= 0.3 is 0 Å². The van der Waals surface area contributed by atoms with E-state index in [1.807, 2.05) is 18.9 Å². The molecule has 0 aromatic rings. The highest BCUT2D eigenvalue weighted by atomic mass is 32.1. The van der Waals surface area contributed by atoms with E-state index in [0.717, 1.165) is 12.8 Å². The van der Waals surface area contributed by atoms with Gasteiger partial charge in [0.25, 0.3) is 0 Å². The molecular weight excluding hydrogens is 232 g/mol. The summed E-state index contributed by atoms with van der Waals surface area (Å²) < 4.78 is 0. The van der Waals surface area contributed by atoms with Crippen molar-refractivity contribution in [2.24, 2.45) is 11.7 Å². The maximum atomic E-state index is 12.3. The molecule has 0 radical (unpaired) electrons. The number of hydrogen-bond acceptors (Lipinski definition) is 2. The zero-order chi connectivity index (χ0) is 12.8. The highest BCUT2D eigenvalue weighted by Gasteiger charge is 2.27. The molecule has 1 aliphatic rings. The van der Waals surface area contributed by atoms with Gasteiger partial charge in [0.2, 0.25) is 5.91 Å².